The Bertz CT molecular complexity index is 713. The van der Waals surface area contributed by atoms with E-state index < -0.39 is 6.10 Å². The van der Waals surface area contributed by atoms with Crippen LogP contribution < -0.4 is 11.1 Å². The number of aromatic nitrogens is 4. The van der Waals surface area contributed by atoms with Gasteiger partial charge >= 0.3 is 0 Å². The van der Waals surface area contributed by atoms with E-state index >= 15 is 0 Å². The molecular formula is C15H22N6O2. The minimum Gasteiger partial charge on any atom is -0.396 e. The summed E-state index contributed by atoms with van der Waals surface area (Å²) in [5.41, 5.74) is 7.26. The first-order chi connectivity index (χ1) is 11.2. The lowest BCUT2D eigenvalue weighted by Crippen LogP contribution is -2.16. The Kier molecular flexibility index (Phi) is 3.57. The average Bonchev–Trinajstić information content (AvgIpc) is 3.15. The van der Waals surface area contributed by atoms with Crippen molar-refractivity contribution in [3.05, 3.63) is 6.33 Å². The van der Waals surface area contributed by atoms with Crippen molar-refractivity contribution in [1.82, 2.24) is 19.5 Å². The molecule has 2 aromatic heterocycles. The molecule has 0 radical (unpaired) electrons. The predicted octanol–water partition coefficient (Wildman–Crippen LogP) is 0.535. The molecular weight excluding hydrogens is 296 g/mol. The zero-order chi connectivity index (χ0) is 16.0. The molecule has 4 rings (SSSR count). The summed E-state index contributed by atoms with van der Waals surface area (Å²) >= 11 is 0. The van der Waals surface area contributed by atoms with E-state index in [1.165, 1.54) is 12.8 Å². The highest BCUT2D eigenvalue weighted by molar-refractivity contribution is 5.84. The normalized spacial score (nSPS) is 27.7. The van der Waals surface area contributed by atoms with Gasteiger partial charge in [0.05, 0.1) is 12.4 Å². The van der Waals surface area contributed by atoms with Gasteiger partial charge in [-0.25, -0.2) is 4.98 Å². The molecule has 2 fully saturated rings. The summed E-state index contributed by atoms with van der Waals surface area (Å²) in [6.07, 6.45) is 5.05. The van der Waals surface area contributed by atoms with Crippen LogP contribution >= 0.6 is 0 Å². The molecule has 2 aliphatic carbocycles. The van der Waals surface area contributed by atoms with Crippen LogP contribution in [0, 0.1) is 11.8 Å². The number of nitrogen functional groups attached to an aromatic ring is 1. The number of aliphatic hydroxyl groups is 2. The number of hydrogen-bond donors (Lipinski definition) is 4. The summed E-state index contributed by atoms with van der Waals surface area (Å²) in [5.74, 6) is 1.52. The third-order valence-electron chi connectivity index (χ3n) is 4.95. The largest absolute Gasteiger partial charge is 0.396 e. The Labute approximate surface area is 133 Å². The second-order valence-electron chi connectivity index (χ2n) is 6.71. The molecule has 2 unspecified atom stereocenters. The van der Waals surface area contributed by atoms with Crippen LogP contribution in [0.2, 0.25) is 0 Å². The van der Waals surface area contributed by atoms with Crippen LogP contribution in [0.4, 0.5) is 11.8 Å². The van der Waals surface area contributed by atoms with Crippen molar-refractivity contribution >= 4 is 22.9 Å². The van der Waals surface area contributed by atoms with E-state index in [4.69, 9.17) is 5.73 Å². The summed E-state index contributed by atoms with van der Waals surface area (Å²) in [5, 5.41) is 22.7. The van der Waals surface area contributed by atoms with Gasteiger partial charge in [-0.15, -0.1) is 0 Å². The first-order valence-corrected chi connectivity index (χ1v) is 8.18. The van der Waals surface area contributed by atoms with Crippen molar-refractivity contribution in [2.45, 2.75) is 37.8 Å². The van der Waals surface area contributed by atoms with Crippen molar-refractivity contribution in [2.75, 3.05) is 24.2 Å². The van der Waals surface area contributed by atoms with E-state index in [0.717, 1.165) is 12.5 Å². The number of fused-ring (bicyclic) bond motifs is 1. The van der Waals surface area contributed by atoms with Crippen LogP contribution in [0.3, 0.4) is 0 Å². The van der Waals surface area contributed by atoms with E-state index in [-0.39, 0.29) is 24.5 Å². The number of rotatable bonds is 5. The van der Waals surface area contributed by atoms with Gasteiger partial charge in [0.2, 0.25) is 5.95 Å². The maximum atomic E-state index is 10.0. The molecule has 0 saturated heterocycles. The van der Waals surface area contributed by atoms with Crippen molar-refractivity contribution in [1.29, 1.82) is 0 Å². The third kappa shape index (κ3) is 2.72. The molecule has 2 heterocycles. The highest BCUT2D eigenvalue weighted by Crippen LogP contribution is 2.37. The average molecular weight is 318 g/mol. The Morgan fingerprint density at radius 2 is 2.13 bits per heavy atom. The third-order valence-corrected chi connectivity index (χ3v) is 4.95. The molecule has 0 amide bonds. The highest BCUT2D eigenvalue weighted by Gasteiger charge is 2.34. The summed E-state index contributed by atoms with van der Waals surface area (Å²) in [4.78, 5) is 13.1. The number of nitrogens with two attached hydrogens (primary N) is 1. The lowest BCUT2D eigenvalue weighted by Gasteiger charge is -2.13. The standard InChI is InChI=1S/C15H22N6O2/c16-15-19-13(17-5-8-1-2-8)12-14(20-15)21(7-18-12)10-3-9(6-22)11(23)4-10/h7-11,22-23H,1-6H2,(H3,16,17,19,20)/t9?,10-,11?/m0/s1. The van der Waals surface area contributed by atoms with Gasteiger partial charge in [0.1, 0.15) is 0 Å². The monoisotopic (exact) mass is 318 g/mol. The van der Waals surface area contributed by atoms with E-state index in [1.54, 1.807) is 6.33 Å². The van der Waals surface area contributed by atoms with Gasteiger partial charge in [0, 0.05) is 25.1 Å². The summed E-state index contributed by atoms with van der Waals surface area (Å²) in [6.45, 7) is 0.878. The maximum Gasteiger partial charge on any atom is 0.224 e. The Hall–Kier alpha value is -1.93. The summed E-state index contributed by atoms with van der Waals surface area (Å²) in [6, 6.07) is 0.0673. The quantitative estimate of drug-likeness (QED) is 0.634. The predicted molar refractivity (Wildman–Crippen MR) is 85.8 cm³/mol. The molecule has 23 heavy (non-hydrogen) atoms. The zero-order valence-electron chi connectivity index (χ0n) is 12.9. The molecule has 0 bridgehead atoms. The van der Waals surface area contributed by atoms with E-state index in [0.29, 0.717) is 29.8 Å². The molecule has 0 spiro atoms. The van der Waals surface area contributed by atoms with E-state index in [2.05, 4.69) is 20.3 Å². The zero-order valence-corrected chi connectivity index (χ0v) is 12.9. The molecule has 0 aromatic carbocycles. The highest BCUT2D eigenvalue weighted by atomic mass is 16.3. The molecule has 2 aromatic rings. The first kappa shape index (κ1) is 14.6. The van der Waals surface area contributed by atoms with Gasteiger partial charge in [0.15, 0.2) is 17.0 Å². The number of hydrogen-bond acceptors (Lipinski definition) is 7. The molecule has 2 aliphatic rings. The number of aliphatic hydroxyl groups excluding tert-OH is 2. The van der Waals surface area contributed by atoms with Crippen LogP contribution in [-0.2, 0) is 0 Å². The van der Waals surface area contributed by atoms with Crippen molar-refractivity contribution < 1.29 is 10.2 Å². The Balaban J connectivity index is 1.65. The smallest absolute Gasteiger partial charge is 0.224 e. The Morgan fingerprint density at radius 1 is 1.30 bits per heavy atom. The number of nitrogens with one attached hydrogen (secondary N) is 1. The summed E-state index contributed by atoms with van der Waals surface area (Å²) < 4.78 is 1.95. The number of anilines is 2. The van der Waals surface area contributed by atoms with Gasteiger partial charge in [-0.3, -0.25) is 0 Å². The number of imidazole rings is 1. The number of nitrogens with zero attached hydrogens (tertiary/aromatic N) is 4. The van der Waals surface area contributed by atoms with E-state index in [9.17, 15) is 10.2 Å². The lowest BCUT2D eigenvalue weighted by molar-refractivity contribution is 0.0906. The molecule has 124 valence electrons. The summed E-state index contributed by atoms with van der Waals surface area (Å²) in [7, 11) is 0. The second-order valence-corrected chi connectivity index (χ2v) is 6.71. The van der Waals surface area contributed by atoms with Crippen LogP contribution in [0.5, 0.6) is 0 Å². The van der Waals surface area contributed by atoms with Gasteiger partial charge in [0.25, 0.3) is 0 Å². The molecule has 2 saturated carbocycles. The fourth-order valence-electron chi connectivity index (χ4n) is 3.38. The minimum atomic E-state index is -0.492. The molecule has 8 nitrogen and oxygen atoms in total. The molecule has 0 aliphatic heterocycles. The van der Waals surface area contributed by atoms with Gasteiger partial charge < -0.3 is 25.8 Å². The lowest BCUT2D eigenvalue weighted by atomic mass is 10.1. The van der Waals surface area contributed by atoms with Crippen LogP contribution in [-0.4, -0.2) is 49.0 Å². The second kappa shape index (κ2) is 5.61. The van der Waals surface area contributed by atoms with Gasteiger partial charge in [-0.2, -0.15) is 9.97 Å². The van der Waals surface area contributed by atoms with Crippen LogP contribution in [0.15, 0.2) is 6.33 Å². The van der Waals surface area contributed by atoms with Crippen LogP contribution in [0.25, 0.3) is 11.2 Å². The molecule has 8 heteroatoms. The first-order valence-electron chi connectivity index (χ1n) is 8.18. The van der Waals surface area contributed by atoms with Crippen molar-refractivity contribution in [3.63, 3.8) is 0 Å². The topological polar surface area (TPSA) is 122 Å². The SMILES string of the molecule is Nc1nc(NCC2CC2)c2ncn([C@@H]3CC(O)C(CO)C3)c2n1. The van der Waals surface area contributed by atoms with Crippen LogP contribution in [0.1, 0.15) is 31.7 Å². The van der Waals surface area contributed by atoms with Crippen molar-refractivity contribution in [2.24, 2.45) is 11.8 Å². The fourth-order valence-corrected chi connectivity index (χ4v) is 3.38. The minimum absolute atomic E-state index is 0.00435. The van der Waals surface area contributed by atoms with Gasteiger partial charge in [-0.1, -0.05) is 0 Å². The van der Waals surface area contributed by atoms with Gasteiger partial charge in [-0.05, 0) is 31.6 Å². The van der Waals surface area contributed by atoms with E-state index in [1.807, 2.05) is 4.57 Å². The molecule has 3 atom stereocenters. The van der Waals surface area contributed by atoms with Crippen molar-refractivity contribution in [3.8, 4) is 0 Å². The Morgan fingerprint density at radius 3 is 2.83 bits per heavy atom. The fraction of sp³-hybridized carbons (Fsp3) is 0.667. The molecule has 5 N–H and O–H groups in total. The maximum absolute atomic E-state index is 10.0.